The van der Waals surface area contributed by atoms with Crippen LogP contribution in [0, 0.1) is 11.8 Å². The normalized spacial score (nSPS) is 18.3. The van der Waals surface area contributed by atoms with Gasteiger partial charge in [-0.25, -0.2) is 9.59 Å². The highest BCUT2D eigenvalue weighted by Gasteiger charge is 2.28. The van der Waals surface area contributed by atoms with Crippen LogP contribution in [0.1, 0.15) is 46.5 Å². The van der Waals surface area contributed by atoms with Crippen LogP contribution in [-0.2, 0) is 4.79 Å². The summed E-state index contributed by atoms with van der Waals surface area (Å²) < 4.78 is 0. The highest BCUT2D eigenvalue weighted by Crippen LogP contribution is 2.27. The van der Waals surface area contributed by atoms with Crippen LogP contribution in [0.2, 0.25) is 0 Å². The Bertz CT molecular complexity index is 316. The molecule has 1 saturated carbocycles. The minimum absolute atomic E-state index is 0.0659. The predicted octanol–water partition coefficient (Wildman–Crippen LogP) is 2.32. The topological polar surface area (TPSA) is 69.6 Å². The molecule has 110 valence electrons. The van der Waals surface area contributed by atoms with Gasteiger partial charge in [0.25, 0.3) is 0 Å². The van der Waals surface area contributed by atoms with E-state index < -0.39 is 12.0 Å². The Morgan fingerprint density at radius 3 is 2.37 bits per heavy atom. The fourth-order valence-corrected chi connectivity index (χ4v) is 2.25. The number of nitrogens with zero attached hydrogens (tertiary/aromatic N) is 1. The number of nitrogens with one attached hydrogen (secondary N) is 1. The van der Waals surface area contributed by atoms with Crippen LogP contribution >= 0.6 is 0 Å². The number of urea groups is 1. The van der Waals surface area contributed by atoms with Crippen molar-refractivity contribution in [2.75, 3.05) is 13.1 Å². The standard InChI is InChI=1S/C14H26N2O3/c1-4-10(3)12(13(17)18)15-14(19)16(5-2)9-11-7-6-8-11/h10-12H,4-9H2,1-3H3,(H,15,19)(H,17,18). The maximum Gasteiger partial charge on any atom is 0.326 e. The Balaban J connectivity index is 2.55. The Hall–Kier alpha value is -1.26. The van der Waals surface area contributed by atoms with E-state index in [-0.39, 0.29) is 11.9 Å². The third-order valence-electron chi connectivity index (χ3n) is 4.13. The number of carbonyl (C=O) groups is 2. The predicted molar refractivity (Wildman–Crippen MR) is 74.0 cm³/mol. The number of hydrogen-bond donors (Lipinski definition) is 2. The highest BCUT2D eigenvalue weighted by molar-refractivity contribution is 5.82. The molecule has 5 nitrogen and oxygen atoms in total. The Labute approximate surface area is 115 Å². The number of carboxylic acids is 1. The van der Waals surface area contributed by atoms with Gasteiger partial charge in [-0.2, -0.15) is 0 Å². The zero-order chi connectivity index (χ0) is 14.4. The van der Waals surface area contributed by atoms with Gasteiger partial charge in [-0.05, 0) is 31.6 Å². The summed E-state index contributed by atoms with van der Waals surface area (Å²) >= 11 is 0. The Kier molecular flexibility index (Phi) is 6.12. The van der Waals surface area contributed by atoms with Crippen molar-refractivity contribution in [2.45, 2.75) is 52.5 Å². The number of aliphatic carboxylic acids is 1. The summed E-state index contributed by atoms with van der Waals surface area (Å²) in [6, 6.07) is -1.05. The fraction of sp³-hybridized carbons (Fsp3) is 0.857. The summed E-state index contributed by atoms with van der Waals surface area (Å²) in [5.41, 5.74) is 0. The van der Waals surface area contributed by atoms with Crippen molar-refractivity contribution in [1.29, 1.82) is 0 Å². The molecule has 0 radical (unpaired) electrons. The molecule has 0 aromatic carbocycles. The smallest absolute Gasteiger partial charge is 0.326 e. The monoisotopic (exact) mass is 270 g/mol. The molecule has 5 heteroatoms. The molecule has 2 N–H and O–H groups in total. The highest BCUT2D eigenvalue weighted by atomic mass is 16.4. The molecule has 1 rings (SSSR count). The second kappa shape index (κ2) is 7.36. The van der Waals surface area contributed by atoms with Gasteiger partial charge in [0.2, 0.25) is 0 Å². The first kappa shape index (κ1) is 15.8. The summed E-state index contributed by atoms with van der Waals surface area (Å²) in [6.07, 6.45) is 4.33. The lowest BCUT2D eigenvalue weighted by molar-refractivity contribution is -0.140. The minimum Gasteiger partial charge on any atom is -0.480 e. The SMILES string of the molecule is CCC(C)C(NC(=O)N(CC)CC1CCC1)C(=O)O. The summed E-state index contributed by atoms with van der Waals surface area (Å²) in [5.74, 6) is -0.427. The van der Waals surface area contributed by atoms with E-state index in [4.69, 9.17) is 0 Å². The second-order valence-electron chi connectivity index (χ2n) is 5.49. The average molecular weight is 270 g/mol. The first-order valence-corrected chi connectivity index (χ1v) is 7.27. The minimum atomic E-state index is -0.956. The molecule has 0 aliphatic heterocycles. The van der Waals surface area contributed by atoms with Crippen molar-refractivity contribution in [2.24, 2.45) is 11.8 Å². The largest absolute Gasteiger partial charge is 0.480 e. The van der Waals surface area contributed by atoms with Gasteiger partial charge >= 0.3 is 12.0 Å². The molecule has 19 heavy (non-hydrogen) atoms. The molecular weight excluding hydrogens is 244 g/mol. The number of hydrogen-bond acceptors (Lipinski definition) is 2. The van der Waals surface area contributed by atoms with Crippen LogP contribution in [0.5, 0.6) is 0 Å². The van der Waals surface area contributed by atoms with Crippen molar-refractivity contribution < 1.29 is 14.7 Å². The molecule has 1 fully saturated rings. The van der Waals surface area contributed by atoms with Gasteiger partial charge in [0.05, 0.1) is 0 Å². The molecule has 0 saturated heterocycles. The van der Waals surface area contributed by atoms with E-state index in [0.29, 0.717) is 12.5 Å². The molecule has 0 heterocycles. The van der Waals surface area contributed by atoms with Crippen LogP contribution < -0.4 is 5.32 Å². The first-order chi connectivity index (χ1) is 8.99. The van der Waals surface area contributed by atoms with E-state index in [1.165, 1.54) is 19.3 Å². The third-order valence-corrected chi connectivity index (χ3v) is 4.13. The number of carboxylic acid groups (broad SMARTS) is 1. The maximum atomic E-state index is 12.1. The zero-order valence-electron chi connectivity index (χ0n) is 12.2. The lowest BCUT2D eigenvalue weighted by Gasteiger charge is -2.33. The van der Waals surface area contributed by atoms with Gasteiger partial charge in [0.15, 0.2) is 0 Å². The Morgan fingerprint density at radius 2 is 2.00 bits per heavy atom. The van der Waals surface area contributed by atoms with E-state index in [1.54, 1.807) is 4.90 Å². The van der Waals surface area contributed by atoms with Crippen LogP contribution in [0.3, 0.4) is 0 Å². The van der Waals surface area contributed by atoms with Crippen LogP contribution in [0.15, 0.2) is 0 Å². The van der Waals surface area contributed by atoms with Gasteiger partial charge in [0.1, 0.15) is 6.04 Å². The van der Waals surface area contributed by atoms with Crippen LogP contribution in [0.4, 0.5) is 4.79 Å². The summed E-state index contributed by atoms with van der Waals surface area (Å²) in [7, 11) is 0. The third kappa shape index (κ3) is 4.40. The van der Waals surface area contributed by atoms with Gasteiger partial charge in [-0.15, -0.1) is 0 Å². The number of rotatable bonds is 7. The molecule has 0 spiro atoms. The van der Waals surface area contributed by atoms with E-state index in [1.807, 2.05) is 20.8 Å². The second-order valence-corrected chi connectivity index (χ2v) is 5.49. The van der Waals surface area contributed by atoms with E-state index in [2.05, 4.69) is 5.32 Å². The van der Waals surface area contributed by atoms with E-state index >= 15 is 0 Å². The van der Waals surface area contributed by atoms with Crippen LogP contribution in [-0.4, -0.2) is 41.1 Å². The zero-order valence-corrected chi connectivity index (χ0v) is 12.2. The number of amides is 2. The lowest BCUT2D eigenvalue weighted by atomic mass is 9.85. The van der Waals surface area contributed by atoms with Crippen molar-refractivity contribution in [1.82, 2.24) is 10.2 Å². The van der Waals surface area contributed by atoms with E-state index in [0.717, 1.165) is 13.0 Å². The average Bonchev–Trinajstić information content (AvgIpc) is 2.33. The van der Waals surface area contributed by atoms with Crippen LogP contribution in [0.25, 0.3) is 0 Å². The summed E-state index contributed by atoms with van der Waals surface area (Å²) in [6.45, 7) is 7.07. The summed E-state index contributed by atoms with van der Waals surface area (Å²) in [5, 5.41) is 11.8. The molecule has 0 bridgehead atoms. The molecule has 2 amide bonds. The number of carbonyl (C=O) groups excluding carboxylic acids is 1. The molecule has 0 aromatic rings. The quantitative estimate of drug-likeness (QED) is 0.746. The van der Waals surface area contributed by atoms with E-state index in [9.17, 15) is 14.7 Å². The molecular formula is C14H26N2O3. The molecule has 2 unspecified atom stereocenters. The van der Waals surface area contributed by atoms with Gasteiger partial charge < -0.3 is 15.3 Å². The summed E-state index contributed by atoms with van der Waals surface area (Å²) in [4.78, 5) is 25.1. The molecule has 1 aliphatic rings. The van der Waals surface area contributed by atoms with Crippen molar-refractivity contribution in [3.8, 4) is 0 Å². The van der Waals surface area contributed by atoms with Crippen molar-refractivity contribution in [3.05, 3.63) is 0 Å². The first-order valence-electron chi connectivity index (χ1n) is 7.27. The van der Waals surface area contributed by atoms with Gasteiger partial charge in [-0.1, -0.05) is 26.7 Å². The van der Waals surface area contributed by atoms with Gasteiger partial charge in [0, 0.05) is 13.1 Å². The molecule has 1 aliphatic carbocycles. The molecule has 2 atom stereocenters. The maximum absolute atomic E-state index is 12.1. The van der Waals surface area contributed by atoms with Crippen molar-refractivity contribution >= 4 is 12.0 Å². The van der Waals surface area contributed by atoms with Gasteiger partial charge in [-0.3, -0.25) is 0 Å². The fourth-order valence-electron chi connectivity index (χ4n) is 2.25. The lowest BCUT2D eigenvalue weighted by Crippen LogP contribution is -2.51. The van der Waals surface area contributed by atoms with Crippen molar-refractivity contribution in [3.63, 3.8) is 0 Å². The molecule has 0 aromatic heterocycles. The Morgan fingerprint density at radius 1 is 1.37 bits per heavy atom.